The molecule has 29 heavy (non-hydrogen) atoms. The van der Waals surface area contributed by atoms with Crippen molar-refractivity contribution < 1.29 is 23.9 Å². The van der Waals surface area contributed by atoms with E-state index in [1.54, 1.807) is 48.5 Å². The van der Waals surface area contributed by atoms with Crippen LogP contribution in [0.5, 0.6) is 5.75 Å². The molecule has 0 aliphatic rings. The van der Waals surface area contributed by atoms with Gasteiger partial charge in [-0.15, -0.1) is 0 Å². The predicted octanol–water partition coefficient (Wildman–Crippen LogP) is 4.03. The molecule has 0 saturated carbocycles. The number of para-hydroxylation sites is 1. The lowest BCUT2D eigenvalue weighted by atomic mass is 10.2. The Hall–Kier alpha value is -3.06. The smallest absolute Gasteiger partial charge is 0.306 e. The molecular weight excluding hydrogens is 396 g/mol. The maximum Gasteiger partial charge on any atom is 0.306 e. The van der Waals surface area contributed by atoms with Crippen molar-refractivity contribution in [3.8, 4) is 5.75 Å². The van der Waals surface area contributed by atoms with Crippen LogP contribution < -0.4 is 15.4 Å². The molecular formula is C21H23ClN2O5. The molecule has 0 bridgehead atoms. The van der Waals surface area contributed by atoms with Gasteiger partial charge in [0.1, 0.15) is 5.75 Å². The van der Waals surface area contributed by atoms with Crippen LogP contribution in [0.3, 0.4) is 0 Å². The molecule has 2 rings (SSSR count). The van der Waals surface area contributed by atoms with Crippen molar-refractivity contribution in [1.82, 2.24) is 0 Å². The molecule has 0 aliphatic carbocycles. The summed E-state index contributed by atoms with van der Waals surface area (Å²) >= 11 is 5.97. The van der Waals surface area contributed by atoms with Crippen LogP contribution in [-0.2, 0) is 19.1 Å². The SMILES string of the molecule is CCOc1ccc(NC(=O)COC(=O)CCCC(=O)Nc2ccccc2Cl)cc1. The van der Waals surface area contributed by atoms with E-state index < -0.39 is 18.5 Å². The van der Waals surface area contributed by atoms with Gasteiger partial charge in [0.2, 0.25) is 5.91 Å². The third-order valence-corrected chi connectivity index (χ3v) is 4.08. The van der Waals surface area contributed by atoms with Crippen LogP contribution in [0.4, 0.5) is 11.4 Å². The van der Waals surface area contributed by atoms with Gasteiger partial charge in [-0.25, -0.2) is 0 Å². The van der Waals surface area contributed by atoms with Crippen LogP contribution >= 0.6 is 11.6 Å². The number of carbonyl (C=O) groups is 3. The highest BCUT2D eigenvalue weighted by Gasteiger charge is 2.10. The topological polar surface area (TPSA) is 93.7 Å². The fourth-order valence-corrected chi connectivity index (χ4v) is 2.57. The molecule has 0 heterocycles. The summed E-state index contributed by atoms with van der Waals surface area (Å²) in [6.45, 7) is 2.05. The molecule has 0 aliphatic heterocycles. The number of anilines is 2. The maximum absolute atomic E-state index is 11.9. The highest BCUT2D eigenvalue weighted by atomic mass is 35.5. The Labute approximate surface area is 174 Å². The lowest BCUT2D eigenvalue weighted by molar-refractivity contribution is -0.147. The van der Waals surface area contributed by atoms with Gasteiger partial charge in [0.05, 0.1) is 17.3 Å². The predicted molar refractivity (Wildman–Crippen MR) is 111 cm³/mol. The van der Waals surface area contributed by atoms with Crippen LogP contribution in [0.15, 0.2) is 48.5 Å². The fourth-order valence-electron chi connectivity index (χ4n) is 2.39. The summed E-state index contributed by atoms with van der Waals surface area (Å²) in [5, 5.41) is 5.75. The second kappa shape index (κ2) is 11.7. The van der Waals surface area contributed by atoms with Gasteiger partial charge in [0.15, 0.2) is 6.61 Å². The van der Waals surface area contributed by atoms with Gasteiger partial charge in [-0.1, -0.05) is 23.7 Å². The number of esters is 1. The van der Waals surface area contributed by atoms with Gasteiger partial charge in [0.25, 0.3) is 5.91 Å². The first-order valence-corrected chi connectivity index (χ1v) is 9.58. The molecule has 2 N–H and O–H groups in total. The van der Waals surface area contributed by atoms with E-state index in [1.165, 1.54) is 0 Å². The zero-order valence-corrected chi connectivity index (χ0v) is 16.8. The fraction of sp³-hybridized carbons (Fsp3) is 0.286. The average Bonchev–Trinajstić information content (AvgIpc) is 2.70. The molecule has 154 valence electrons. The normalized spacial score (nSPS) is 10.1. The van der Waals surface area contributed by atoms with E-state index in [0.717, 1.165) is 0 Å². The Morgan fingerprint density at radius 2 is 1.66 bits per heavy atom. The summed E-state index contributed by atoms with van der Waals surface area (Å²) in [4.78, 5) is 35.5. The Morgan fingerprint density at radius 1 is 0.931 bits per heavy atom. The zero-order valence-electron chi connectivity index (χ0n) is 16.1. The van der Waals surface area contributed by atoms with Gasteiger partial charge in [0, 0.05) is 18.5 Å². The third kappa shape index (κ3) is 8.23. The lowest BCUT2D eigenvalue weighted by Crippen LogP contribution is -2.21. The average molecular weight is 419 g/mol. The zero-order chi connectivity index (χ0) is 21.1. The quantitative estimate of drug-likeness (QED) is 0.568. The first-order chi connectivity index (χ1) is 14.0. The van der Waals surface area contributed by atoms with E-state index in [9.17, 15) is 14.4 Å². The van der Waals surface area contributed by atoms with E-state index in [1.807, 2.05) is 6.92 Å². The Kier molecular flexibility index (Phi) is 8.98. The molecule has 0 aromatic heterocycles. The van der Waals surface area contributed by atoms with Crippen molar-refractivity contribution >= 4 is 40.8 Å². The number of rotatable bonds is 10. The summed E-state index contributed by atoms with van der Waals surface area (Å²) in [6.07, 6.45) is 0.473. The van der Waals surface area contributed by atoms with Crippen molar-refractivity contribution in [2.75, 3.05) is 23.8 Å². The molecule has 7 nitrogen and oxygen atoms in total. The largest absolute Gasteiger partial charge is 0.494 e. The first-order valence-electron chi connectivity index (χ1n) is 9.20. The summed E-state index contributed by atoms with van der Waals surface area (Å²) in [6, 6.07) is 13.8. The molecule has 0 spiro atoms. The molecule has 0 saturated heterocycles. The molecule has 0 fully saturated rings. The maximum atomic E-state index is 11.9. The van der Waals surface area contributed by atoms with Gasteiger partial charge in [-0.05, 0) is 49.7 Å². The number of hydrogen-bond donors (Lipinski definition) is 2. The van der Waals surface area contributed by atoms with Gasteiger partial charge in [-0.2, -0.15) is 0 Å². The minimum atomic E-state index is -0.544. The highest BCUT2D eigenvalue weighted by Crippen LogP contribution is 2.20. The molecule has 0 radical (unpaired) electrons. The van der Waals surface area contributed by atoms with E-state index in [2.05, 4.69) is 10.6 Å². The van der Waals surface area contributed by atoms with Gasteiger partial charge >= 0.3 is 5.97 Å². The van der Waals surface area contributed by atoms with Crippen LogP contribution in [0.2, 0.25) is 5.02 Å². The van der Waals surface area contributed by atoms with Crippen LogP contribution in [0, 0.1) is 0 Å². The van der Waals surface area contributed by atoms with E-state index in [4.69, 9.17) is 21.1 Å². The third-order valence-electron chi connectivity index (χ3n) is 3.75. The standard InChI is InChI=1S/C21H23ClN2O5/c1-2-28-16-12-10-15(11-13-16)23-20(26)14-29-21(27)9-5-8-19(25)24-18-7-4-3-6-17(18)22/h3-4,6-7,10-13H,2,5,8-9,14H2,1H3,(H,23,26)(H,24,25). The summed E-state index contributed by atoms with van der Waals surface area (Å²) < 4.78 is 10.3. The number of amides is 2. The van der Waals surface area contributed by atoms with Crippen LogP contribution in [-0.4, -0.2) is 31.0 Å². The summed E-state index contributed by atoms with van der Waals surface area (Å²) in [5.74, 6) is -0.536. The number of carbonyl (C=O) groups excluding carboxylic acids is 3. The Morgan fingerprint density at radius 3 is 2.34 bits per heavy atom. The number of nitrogens with one attached hydrogen (secondary N) is 2. The van der Waals surface area contributed by atoms with Crippen molar-refractivity contribution in [3.05, 3.63) is 53.6 Å². The summed E-state index contributed by atoms with van der Waals surface area (Å²) in [7, 11) is 0. The Bertz CT molecular complexity index is 839. The van der Waals surface area contributed by atoms with Crippen molar-refractivity contribution in [2.45, 2.75) is 26.2 Å². The minimum absolute atomic E-state index is 0.0340. The number of halogens is 1. The van der Waals surface area contributed by atoms with Crippen molar-refractivity contribution in [3.63, 3.8) is 0 Å². The lowest BCUT2D eigenvalue weighted by Gasteiger charge is -2.08. The second-order valence-electron chi connectivity index (χ2n) is 6.05. The number of hydrogen-bond acceptors (Lipinski definition) is 5. The second-order valence-corrected chi connectivity index (χ2v) is 6.46. The highest BCUT2D eigenvalue weighted by molar-refractivity contribution is 6.33. The van der Waals surface area contributed by atoms with Gasteiger partial charge < -0.3 is 20.1 Å². The molecule has 2 amide bonds. The van der Waals surface area contributed by atoms with E-state index in [0.29, 0.717) is 35.2 Å². The van der Waals surface area contributed by atoms with Gasteiger partial charge in [-0.3, -0.25) is 14.4 Å². The van der Waals surface area contributed by atoms with E-state index in [-0.39, 0.29) is 18.7 Å². The molecule has 8 heteroatoms. The monoisotopic (exact) mass is 418 g/mol. The molecule has 2 aromatic rings. The molecule has 0 unspecified atom stereocenters. The number of benzene rings is 2. The first kappa shape index (κ1) is 22.2. The van der Waals surface area contributed by atoms with E-state index >= 15 is 0 Å². The minimum Gasteiger partial charge on any atom is -0.494 e. The summed E-state index contributed by atoms with van der Waals surface area (Å²) in [5.41, 5.74) is 1.10. The van der Waals surface area contributed by atoms with Crippen LogP contribution in [0.25, 0.3) is 0 Å². The number of ether oxygens (including phenoxy) is 2. The molecule has 2 aromatic carbocycles. The molecule has 0 atom stereocenters. The van der Waals surface area contributed by atoms with Crippen molar-refractivity contribution in [2.24, 2.45) is 0 Å². The van der Waals surface area contributed by atoms with Crippen LogP contribution in [0.1, 0.15) is 26.2 Å². The Balaban J connectivity index is 1.63. The van der Waals surface area contributed by atoms with Crippen molar-refractivity contribution in [1.29, 1.82) is 0 Å².